The highest BCUT2D eigenvalue weighted by Crippen LogP contribution is 2.09. The average Bonchev–Trinajstić information content (AvgIpc) is 1.67. The second-order valence-corrected chi connectivity index (χ2v) is 2.94. The minimum absolute atomic E-state index is 0.478. The van der Waals surface area contributed by atoms with Crippen molar-refractivity contribution in [3.8, 4) is 0 Å². The Morgan fingerprint density at radius 2 is 1.88 bits per heavy atom. The molecule has 8 heavy (non-hydrogen) atoms. The van der Waals surface area contributed by atoms with Crippen LogP contribution in [0.2, 0.25) is 0 Å². The smallest absolute Gasteiger partial charge is 0.00486 e. The third-order valence-electron chi connectivity index (χ3n) is 1.26. The van der Waals surface area contributed by atoms with Crippen molar-refractivity contribution < 1.29 is 0 Å². The van der Waals surface area contributed by atoms with E-state index in [9.17, 15) is 0 Å². The van der Waals surface area contributed by atoms with Gasteiger partial charge in [-0.15, -0.1) is 0 Å². The van der Waals surface area contributed by atoms with Crippen LogP contribution in [0.5, 0.6) is 0 Å². The first kappa shape index (κ1) is 8.09. The van der Waals surface area contributed by atoms with E-state index >= 15 is 0 Å². The van der Waals surface area contributed by atoms with Gasteiger partial charge in [-0.25, -0.2) is 0 Å². The van der Waals surface area contributed by atoms with Crippen LogP contribution >= 0.6 is 12.6 Å². The van der Waals surface area contributed by atoms with E-state index in [1.807, 2.05) is 6.92 Å². The van der Waals surface area contributed by atoms with Gasteiger partial charge in [-0.05, 0) is 12.8 Å². The zero-order valence-electron chi connectivity index (χ0n) is 5.76. The number of thiol groups is 1. The molecule has 0 N–H and O–H groups in total. The molecule has 2 unspecified atom stereocenters. The summed E-state index contributed by atoms with van der Waals surface area (Å²) in [5, 5.41) is 0.478. The zero-order valence-corrected chi connectivity index (χ0v) is 6.65. The molecule has 2 atom stereocenters. The van der Waals surface area contributed by atoms with Crippen molar-refractivity contribution in [2.75, 3.05) is 0 Å². The SMILES string of the molecule is CC=CC(C)C(C)S. The Hall–Kier alpha value is 0.0900. The Morgan fingerprint density at radius 3 is 2.00 bits per heavy atom. The predicted molar refractivity (Wildman–Crippen MR) is 42.4 cm³/mol. The highest BCUT2D eigenvalue weighted by atomic mass is 32.1. The van der Waals surface area contributed by atoms with E-state index in [-0.39, 0.29) is 0 Å². The minimum atomic E-state index is 0.478. The van der Waals surface area contributed by atoms with Gasteiger partial charge in [0, 0.05) is 5.25 Å². The fourth-order valence-electron chi connectivity index (χ4n) is 0.464. The number of hydrogen-bond donors (Lipinski definition) is 1. The lowest BCUT2D eigenvalue weighted by Crippen LogP contribution is -2.02. The summed E-state index contributed by atoms with van der Waals surface area (Å²) in [5.74, 6) is 0.600. The quantitative estimate of drug-likeness (QED) is 0.431. The third kappa shape index (κ3) is 3.14. The summed E-state index contributed by atoms with van der Waals surface area (Å²) in [6.45, 7) is 6.30. The van der Waals surface area contributed by atoms with Crippen LogP contribution < -0.4 is 0 Å². The van der Waals surface area contributed by atoms with Crippen molar-refractivity contribution in [3.05, 3.63) is 12.2 Å². The molecule has 0 bridgehead atoms. The Morgan fingerprint density at radius 1 is 1.38 bits per heavy atom. The molecule has 0 fully saturated rings. The Balaban J connectivity index is 3.47. The van der Waals surface area contributed by atoms with Crippen LogP contribution in [-0.4, -0.2) is 5.25 Å². The maximum absolute atomic E-state index is 4.28. The summed E-state index contributed by atoms with van der Waals surface area (Å²) < 4.78 is 0. The van der Waals surface area contributed by atoms with Crippen molar-refractivity contribution in [3.63, 3.8) is 0 Å². The minimum Gasteiger partial charge on any atom is -0.176 e. The van der Waals surface area contributed by atoms with E-state index in [4.69, 9.17) is 0 Å². The summed E-state index contributed by atoms with van der Waals surface area (Å²) in [6, 6.07) is 0. The zero-order chi connectivity index (χ0) is 6.57. The first-order valence-corrected chi connectivity index (χ1v) is 3.51. The van der Waals surface area contributed by atoms with Gasteiger partial charge in [-0.1, -0.05) is 26.0 Å². The van der Waals surface area contributed by atoms with Gasteiger partial charge < -0.3 is 0 Å². The van der Waals surface area contributed by atoms with Crippen LogP contribution in [0.25, 0.3) is 0 Å². The number of rotatable bonds is 2. The lowest BCUT2D eigenvalue weighted by atomic mass is 10.1. The normalized spacial score (nSPS) is 19.0. The molecule has 0 aromatic heterocycles. The molecule has 0 aliphatic heterocycles. The van der Waals surface area contributed by atoms with Gasteiger partial charge in [-0.3, -0.25) is 0 Å². The summed E-state index contributed by atoms with van der Waals surface area (Å²) >= 11 is 4.28. The number of hydrogen-bond acceptors (Lipinski definition) is 1. The summed E-state index contributed by atoms with van der Waals surface area (Å²) in [4.78, 5) is 0. The highest BCUT2D eigenvalue weighted by molar-refractivity contribution is 7.80. The van der Waals surface area contributed by atoms with Gasteiger partial charge in [0.2, 0.25) is 0 Å². The topological polar surface area (TPSA) is 0 Å². The maximum atomic E-state index is 4.28. The van der Waals surface area contributed by atoms with Crippen molar-refractivity contribution in [1.29, 1.82) is 0 Å². The molecule has 0 rings (SSSR count). The van der Waals surface area contributed by atoms with Crippen LogP contribution in [0.15, 0.2) is 12.2 Å². The Bertz CT molecular complexity index is 74.5. The molecule has 0 aliphatic carbocycles. The summed E-state index contributed by atoms with van der Waals surface area (Å²) in [6.07, 6.45) is 4.23. The van der Waals surface area contributed by atoms with Crippen LogP contribution in [0.4, 0.5) is 0 Å². The molecule has 0 spiro atoms. The molecule has 0 aromatic rings. The molecule has 0 amide bonds. The van der Waals surface area contributed by atoms with E-state index in [2.05, 4.69) is 38.6 Å². The van der Waals surface area contributed by atoms with Crippen molar-refractivity contribution >= 4 is 12.6 Å². The predicted octanol–water partition coefficient (Wildman–Crippen LogP) is 2.52. The van der Waals surface area contributed by atoms with Crippen LogP contribution in [0.3, 0.4) is 0 Å². The molecular weight excluding hydrogens is 116 g/mol. The van der Waals surface area contributed by atoms with E-state index in [1.54, 1.807) is 0 Å². The second kappa shape index (κ2) is 4.02. The van der Waals surface area contributed by atoms with Gasteiger partial charge >= 0.3 is 0 Å². The highest BCUT2D eigenvalue weighted by Gasteiger charge is 2.00. The molecule has 0 aromatic carbocycles. The molecule has 0 radical (unpaired) electrons. The Labute approximate surface area is 57.4 Å². The lowest BCUT2D eigenvalue weighted by Gasteiger charge is -2.07. The van der Waals surface area contributed by atoms with Crippen molar-refractivity contribution in [2.45, 2.75) is 26.0 Å². The van der Waals surface area contributed by atoms with E-state index in [0.717, 1.165) is 0 Å². The van der Waals surface area contributed by atoms with E-state index < -0.39 is 0 Å². The monoisotopic (exact) mass is 130 g/mol. The van der Waals surface area contributed by atoms with Crippen molar-refractivity contribution in [2.24, 2.45) is 5.92 Å². The van der Waals surface area contributed by atoms with Gasteiger partial charge in [-0.2, -0.15) is 12.6 Å². The molecule has 0 nitrogen and oxygen atoms in total. The second-order valence-electron chi connectivity index (χ2n) is 2.13. The van der Waals surface area contributed by atoms with Gasteiger partial charge in [0.05, 0.1) is 0 Å². The largest absolute Gasteiger partial charge is 0.176 e. The Kier molecular flexibility index (Phi) is 4.06. The first-order valence-electron chi connectivity index (χ1n) is 2.99. The lowest BCUT2D eigenvalue weighted by molar-refractivity contribution is 0.719. The third-order valence-corrected chi connectivity index (χ3v) is 1.73. The van der Waals surface area contributed by atoms with Gasteiger partial charge in [0.15, 0.2) is 0 Å². The molecule has 0 aliphatic rings. The first-order chi connectivity index (χ1) is 3.68. The fraction of sp³-hybridized carbons (Fsp3) is 0.714. The molecule has 1 heteroatoms. The van der Waals surface area contributed by atoms with Gasteiger partial charge in [0.1, 0.15) is 0 Å². The average molecular weight is 130 g/mol. The van der Waals surface area contributed by atoms with E-state index in [0.29, 0.717) is 11.2 Å². The summed E-state index contributed by atoms with van der Waals surface area (Å²) in [5.41, 5.74) is 0. The van der Waals surface area contributed by atoms with Crippen LogP contribution in [0, 0.1) is 5.92 Å². The molecule has 0 saturated heterocycles. The molecule has 0 saturated carbocycles. The van der Waals surface area contributed by atoms with Crippen LogP contribution in [-0.2, 0) is 0 Å². The standard InChI is InChI=1S/C7H14S/c1-4-5-6(2)7(3)8/h4-8H,1-3H3. The van der Waals surface area contributed by atoms with Gasteiger partial charge in [0.25, 0.3) is 0 Å². The molecular formula is C7H14S. The fourth-order valence-corrected chi connectivity index (χ4v) is 0.564. The van der Waals surface area contributed by atoms with E-state index in [1.165, 1.54) is 0 Å². The number of allylic oxidation sites excluding steroid dienone is 2. The maximum Gasteiger partial charge on any atom is 0.00486 e. The summed E-state index contributed by atoms with van der Waals surface area (Å²) in [7, 11) is 0. The van der Waals surface area contributed by atoms with Crippen LogP contribution in [0.1, 0.15) is 20.8 Å². The molecule has 48 valence electrons. The van der Waals surface area contributed by atoms with Crippen molar-refractivity contribution in [1.82, 2.24) is 0 Å². The molecule has 0 heterocycles.